The van der Waals surface area contributed by atoms with Gasteiger partial charge in [0, 0.05) is 17.4 Å². The van der Waals surface area contributed by atoms with Crippen molar-refractivity contribution >= 4 is 11.0 Å². The molecule has 0 unspecified atom stereocenters. The van der Waals surface area contributed by atoms with E-state index in [0.717, 1.165) is 24.2 Å². The zero-order chi connectivity index (χ0) is 14.6. The maximum absolute atomic E-state index is 5.99. The SMILES string of the molecule is CCCCc1oc2ccccc2c1CNOC(C)(C)C. The number of furan rings is 1. The lowest BCUT2D eigenvalue weighted by atomic mass is 10.1. The molecule has 2 rings (SSSR count). The van der Waals surface area contributed by atoms with Crippen LogP contribution in [0.25, 0.3) is 11.0 Å². The minimum atomic E-state index is -0.191. The summed E-state index contributed by atoms with van der Waals surface area (Å²) in [5.41, 5.74) is 5.07. The first-order valence-corrected chi connectivity index (χ1v) is 7.41. The molecule has 2 aromatic rings. The first-order valence-electron chi connectivity index (χ1n) is 7.41. The summed E-state index contributed by atoms with van der Waals surface area (Å²) in [7, 11) is 0. The number of aryl methyl sites for hydroxylation is 1. The van der Waals surface area contributed by atoms with Crippen molar-refractivity contribution in [3.8, 4) is 0 Å². The highest BCUT2D eigenvalue weighted by molar-refractivity contribution is 5.82. The Labute approximate surface area is 121 Å². The van der Waals surface area contributed by atoms with Gasteiger partial charge in [0.1, 0.15) is 11.3 Å². The summed E-state index contributed by atoms with van der Waals surface area (Å²) < 4.78 is 5.99. The van der Waals surface area contributed by atoms with E-state index in [4.69, 9.17) is 9.25 Å². The number of hydroxylamine groups is 1. The Morgan fingerprint density at radius 3 is 2.65 bits per heavy atom. The predicted octanol–water partition coefficient (Wildman–Crippen LogP) is 4.60. The summed E-state index contributed by atoms with van der Waals surface area (Å²) in [6, 6.07) is 8.20. The van der Waals surface area contributed by atoms with E-state index in [1.54, 1.807) is 0 Å². The first kappa shape index (κ1) is 15.1. The number of unbranched alkanes of at least 4 members (excludes halogenated alkanes) is 1. The van der Waals surface area contributed by atoms with Crippen LogP contribution in [0.1, 0.15) is 51.9 Å². The molecule has 20 heavy (non-hydrogen) atoms. The third-order valence-electron chi connectivity index (χ3n) is 3.17. The maximum Gasteiger partial charge on any atom is 0.134 e. The highest BCUT2D eigenvalue weighted by Crippen LogP contribution is 2.27. The summed E-state index contributed by atoms with van der Waals surface area (Å²) >= 11 is 0. The molecule has 1 aromatic heterocycles. The van der Waals surface area contributed by atoms with Crippen molar-refractivity contribution in [2.45, 2.75) is 59.1 Å². The largest absolute Gasteiger partial charge is 0.461 e. The Hall–Kier alpha value is -1.32. The van der Waals surface area contributed by atoms with Crippen LogP contribution in [0.15, 0.2) is 28.7 Å². The fourth-order valence-electron chi connectivity index (χ4n) is 2.21. The number of hydrogen-bond acceptors (Lipinski definition) is 3. The molecule has 0 saturated carbocycles. The van der Waals surface area contributed by atoms with Crippen molar-refractivity contribution in [3.63, 3.8) is 0 Å². The van der Waals surface area contributed by atoms with E-state index in [9.17, 15) is 0 Å². The van der Waals surface area contributed by atoms with Crippen LogP contribution < -0.4 is 5.48 Å². The van der Waals surface area contributed by atoms with Crippen LogP contribution in [0.5, 0.6) is 0 Å². The number of fused-ring (bicyclic) bond motifs is 1. The average molecular weight is 275 g/mol. The molecule has 110 valence electrons. The standard InChI is InChI=1S/C17H25NO2/c1-5-6-10-16-14(12-18-20-17(2,3)4)13-9-7-8-11-15(13)19-16/h7-9,11,18H,5-6,10,12H2,1-4H3. The van der Waals surface area contributed by atoms with Crippen molar-refractivity contribution in [1.82, 2.24) is 5.48 Å². The molecule has 3 heteroatoms. The van der Waals surface area contributed by atoms with Crippen molar-refractivity contribution in [2.24, 2.45) is 0 Å². The van der Waals surface area contributed by atoms with Crippen molar-refractivity contribution in [3.05, 3.63) is 35.6 Å². The normalized spacial score (nSPS) is 12.2. The monoisotopic (exact) mass is 275 g/mol. The first-order chi connectivity index (χ1) is 9.51. The molecule has 0 fully saturated rings. The van der Waals surface area contributed by atoms with Gasteiger partial charge in [0.05, 0.1) is 12.1 Å². The van der Waals surface area contributed by atoms with Crippen LogP contribution >= 0.6 is 0 Å². The van der Waals surface area contributed by atoms with Gasteiger partial charge in [-0.15, -0.1) is 0 Å². The van der Waals surface area contributed by atoms with Gasteiger partial charge in [-0.3, -0.25) is 4.84 Å². The second-order valence-corrected chi connectivity index (χ2v) is 6.14. The summed E-state index contributed by atoms with van der Waals surface area (Å²) in [6.07, 6.45) is 3.30. The van der Waals surface area contributed by atoms with E-state index in [0.29, 0.717) is 6.54 Å². The topological polar surface area (TPSA) is 34.4 Å². The van der Waals surface area contributed by atoms with Crippen LogP contribution in [0, 0.1) is 0 Å². The van der Waals surface area contributed by atoms with Gasteiger partial charge in [-0.2, -0.15) is 5.48 Å². The second kappa shape index (κ2) is 6.42. The average Bonchev–Trinajstić information content (AvgIpc) is 2.73. The van der Waals surface area contributed by atoms with Gasteiger partial charge in [0.25, 0.3) is 0 Å². The molecule has 0 aliphatic heterocycles. The Morgan fingerprint density at radius 1 is 1.20 bits per heavy atom. The lowest BCUT2D eigenvalue weighted by Gasteiger charge is -2.19. The molecule has 1 N–H and O–H groups in total. The van der Waals surface area contributed by atoms with E-state index >= 15 is 0 Å². The van der Waals surface area contributed by atoms with Gasteiger partial charge in [0.2, 0.25) is 0 Å². The van der Waals surface area contributed by atoms with Crippen LogP contribution in [-0.2, 0) is 17.8 Å². The summed E-state index contributed by atoms with van der Waals surface area (Å²) in [4.78, 5) is 5.62. The van der Waals surface area contributed by atoms with Gasteiger partial charge in [-0.1, -0.05) is 31.5 Å². The Balaban J connectivity index is 2.19. The fraction of sp³-hybridized carbons (Fsp3) is 0.529. The Morgan fingerprint density at radius 2 is 1.95 bits per heavy atom. The quantitative estimate of drug-likeness (QED) is 0.783. The third-order valence-corrected chi connectivity index (χ3v) is 3.17. The molecule has 0 saturated heterocycles. The van der Waals surface area contributed by atoms with Crippen molar-refractivity contribution in [2.75, 3.05) is 0 Å². The number of benzene rings is 1. The van der Waals surface area contributed by atoms with Crippen LogP contribution in [0.2, 0.25) is 0 Å². The van der Waals surface area contributed by atoms with E-state index in [2.05, 4.69) is 24.5 Å². The fourth-order valence-corrected chi connectivity index (χ4v) is 2.21. The summed E-state index contributed by atoms with van der Waals surface area (Å²) in [5, 5.41) is 1.18. The predicted molar refractivity (Wildman–Crippen MR) is 82.5 cm³/mol. The molecule has 1 heterocycles. The van der Waals surface area contributed by atoms with Crippen LogP contribution in [0.3, 0.4) is 0 Å². The van der Waals surface area contributed by atoms with E-state index in [1.165, 1.54) is 17.4 Å². The maximum atomic E-state index is 5.99. The third kappa shape index (κ3) is 3.84. The van der Waals surface area contributed by atoms with Gasteiger partial charge >= 0.3 is 0 Å². The van der Waals surface area contributed by atoms with E-state index in [1.807, 2.05) is 32.9 Å². The Kier molecular flexibility index (Phi) is 4.84. The zero-order valence-corrected chi connectivity index (χ0v) is 13.0. The van der Waals surface area contributed by atoms with Crippen molar-refractivity contribution in [1.29, 1.82) is 0 Å². The summed E-state index contributed by atoms with van der Waals surface area (Å²) in [6.45, 7) is 8.97. The van der Waals surface area contributed by atoms with E-state index < -0.39 is 0 Å². The second-order valence-electron chi connectivity index (χ2n) is 6.14. The number of para-hydroxylation sites is 1. The van der Waals surface area contributed by atoms with E-state index in [-0.39, 0.29) is 5.60 Å². The molecule has 1 aromatic carbocycles. The number of nitrogens with one attached hydrogen (secondary N) is 1. The molecule has 0 spiro atoms. The highest BCUT2D eigenvalue weighted by atomic mass is 16.7. The smallest absolute Gasteiger partial charge is 0.134 e. The minimum absolute atomic E-state index is 0.191. The molecule has 0 aliphatic carbocycles. The molecule has 3 nitrogen and oxygen atoms in total. The Bertz CT molecular complexity index is 552. The number of hydrogen-bond donors (Lipinski definition) is 1. The zero-order valence-electron chi connectivity index (χ0n) is 13.0. The highest BCUT2D eigenvalue weighted by Gasteiger charge is 2.15. The molecular weight excluding hydrogens is 250 g/mol. The lowest BCUT2D eigenvalue weighted by Crippen LogP contribution is -2.28. The molecular formula is C17H25NO2. The lowest BCUT2D eigenvalue weighted by molar-refractivity contribution is -0.0758. The molecule has 0 aliphatic rings. The minimum Gasteiger partial charge on any atom is -0.461 e. The van der Waals surface area contributed by atoms with Gasteiger partial charge < -0.3 is 4.42 Å². The number of rotatable bonds is 6. The van der Waals surface area contributed by atoms with Gasteiger partial charge in [-0.25, -0.2) is 0 Å². The molecule has 0 amide bonds. The molecule has 0 bridgehead atoms. The molecule has 0 radical (unpaired) electrons. The van der Waals surface area contributed by atoms with Crippen molar-refractivity contribution < 1.29 is 9.25 Å². The van der Waals surface area contributed by atoms with Gasteiger partial charge in [-0.05, 0) is 33.3 Å². The van der Waals surface area contributed by atoms with Crippen LogP contribution in [0.4, 0.5) is 0 Å². The van der Waals surface area contributed by atoms with Crippen LogP contribution in [-0.4, -0.2) is 5.60 Å². The molecule has 0 atom stereocenters. The van der Waals surface area contributed by atoms with Gasteiger partial charge in [0.15, 0.2) is 0 Å². The summed E-state index contributed by atoms with van der Waals surface area (Å²) in [5.74, 6) is 1.08.